The van der Waals surface area contributed by atoms with E-state index in [1.165, 1.54) is 12.1 Å². The number of aromatic nitrogens is 1. The van der Waals surface area contributed by atoms with Gasteiger partial charge in [-0.2, -0.15) is 0 Å². The van der Waals surface area contributed by atoms with Crippen LogP contribution in [0.3, 0.4) is 0 Å². The number of nitrogens with one attached hydrogen (secondary N) is 1. The molecule has 176 valence electrons. The van der Waals surface area contributed by atoms with E-state index in [-0.39, 0.29) is 29.2 Å². The summed E-state index contributed by atoms with van der Waals surface area (Å²) >= 11 is 1.70. The minimum Gasteiger partial charge on any atom is -0.406 e. The van der Waals surface area contributed by atoms with E-state index in [1.54, 1.807) is 23.5 Å². The third-order valence-electron chi connectivity index (χ3n) is 6.05. The molecule has 1 aromatic heterocycles. The summed E-state index contributed by atoms with van der Waals surface area (Å²) in [5.74, 6) is 0.242. The number of alkyl halides is 3. The Hall–Kier alpha value is -1.68. The fraction of sp³-hybridized carbons (Fsp3) is 0.609. The van der Waals surface area contributed by atoms with E-state index in [9.17, 15) is 13.2 Å². The van der Waals surface area contributed by atoms with Gasteiger partial charge in [0.05, 0.1) is 30.1 Å². The number of halogens is 3. The number of ether oxygens (including phenoxy) is 2. The molecule has 3 atom stereocenters. The number of rotatable bonds is 4. The molecule has 2 saturated heterocycles. The third kappa shape index (κ3) is 5.81. The van der Waals surface area contributed by atoms with Crippen molar-refractivity contribution in [2.45, 2.75) is 57.0 Å². The smallest absolute Gasteiger partial charge is 0.406 e. The van der Waals surface area contributed by atoms with Gasteiger partial charge in [0.25, 0.3) is 0 Å². The summed E-state index contributed by atoms with van der Waals surface area (Å²) in [4.78, 5) is 7.36. The van der Waals surface area contributed by atoms with Crippen molar-refractivity contribution in [3.8, 4) is 5.75 Å². The van der Waals surface area contributed by atoms with Crippen LogP contribution >= 0.6 is 11.3 Å². The first-order chi connectivity index (χ1) is 15.1. The molecule has 1 N–H and O–H groups in total. The van der Waals surface area contributed by atoms with E-state index in [4.69, 9.17) is 9.72 Å². The van der Waals surface area contributed by atoms with Crippen LogP contribution in [-0.2, 0) is 10.2 Å². The van der Waals surface area contributed by atoms with Crippen molar-refractivity contribution in [2.24, 2.45) is 0 Å². The average molecular weight is 470 g/mol. The van der Waals surface area contributed by atoms with E-state index in [2.05, 4.69) is 41.1 Å². The maximum absolute atomic E-state index is 12.5. The molecule has 0 aliphatic carbocycles. The molecular weight excluding hydrogens is 439 g/mol. The molecule has 3 heterocycles. The zero-order valence-corrected chi connectivity index (χ0v) is 19.4. The molecule has 0 saturated carbocycles. The Balaban J connectivity index is 1.56. The lowest BCUT2D eigenvalue weighted by Gasteiger charge is -2.43. The van der Waals surface area contributed by atoms with Crippen molar-refractivity contribution in [3.05, 3.63) is 45.9 Å². The summed E-state index contributed by atoms with van der Waals surface area (Å²) in [6, 6.07) is 6.30. The van der Waals surface area contributed by atoms with E-state index in [1.807, 2.05) is 0 Å². The van der Waals surface area contributed by atoms with Gasteiger partial charge in [-0.05, 0) is 30.0 Å². The third-order valence-corrected chi connectivity index (χ3v) is 7.05. The summed E-state index contributed by atoms with van der Waals surface area (Å²) < 4.78 is 47.3. The summed E-state index contributed by atoms with van der Waals surface area (Å²) in [6.45, 7) is 10.3. The van der Waals surface area contributed by atoms with E-state index < -0.39 is 6.36 Å². The lowest BCUT2D eigenvalue weighted by atomic mass is 9.84. The van der Waals surface area contributed by atoms with Crippen molar-refractivity contribution in [1.82, 2.24) is 15.2 Å². The van der Waals surface area contributed by atoms with Crippen molar-refractivity contribution < 1.29 is 22.6 Å². The zero-order chi connectivity index (χ0) is 22.9. The first-order valence-corrected chi connectivity index (χ1v) is 11.8. The molecule has 2 aliphatic rings. The normalized spacial score (nSPS) is 25.6. The molecule has 5 nitrogen and oxygen atoms in total. The van der Waals surface area contributed by atoms with Crippen molar-refractivity contribution in [3.63, 3.8) is 0 Å². The SMILES string of the molecule is CC(C)(C)c1csc(C2CC(c3ccc(OC(F)(F)F)cc3)CN(C3COCCN3)C2)n1. The number of thiazole rings is 1. The Kier molecular flexibility index (Phi) is 6.81. The highest BCUT2D eigenvalue weighted by Gasteiger charge is 2.36. The molecule has 1 aromatic carbocycles. The quantitative estimate of drug-likeness (QED) is 0.693. The summed E-state index contributed by atoms with van der Waals surface area (Å²) in [5.41, 5.74) is 2.10. The maximum atomic E-state index is 12.5. The van der Waals surface area contributed by atoms with Crippen molar-refractivity contribution >= 4 is 11.3 Å². The highest BCUT2D eigenvalue weighted by atomic mass is 32.1. The van der Waals surface area contributed by atoms with Crippen LogP contribution < -0.4 is 10.1 Å². The lowest BCUT2D eigenvalue weighted by molar-refractivity contribution is -0.274. The van der Waals surface area contributed by atoms with Gasteiger partial charge in [-0.1, -0.05) is 32.9 Å². The molecule has 2 fully saturated rings. The average Bonchev–Trinajstić information content (AvgIpc) is 3.25. The Labute approximate surface area is 190 Å². The largest absolute Gasteiger partial charge is 0.573 e. The fourth-order valence-electron chi connectivity index (χ4n) is 4.36. The van der Waals surface area contributed by atoms with Crippen LogP contribution in [0, 0.1) is 0 Å². The molecule has 9 heteroatoms. The van der Waals surface area contributed by atoms with Gasteiger partial charge in [-0.3, -0.25) is 10.2 Å². The minimum atomic E-state index is -4.68. The van der Waals surface area contributed by atoms with Crippen LogP contribution in [0.5, 0.6) is 5.75 Å². The van der Waals surface area contributed by atoms with Crippen LogP contribution in [0.4, 0.5) is 13.2 Å². The second-order valence-electron chi connectivity index (χ2n) is 9.57. The second kappa shape index (κ2) is 9.29. The maximum Gasteiger partial charge on any atom is 0.573 e. The molecule has 4 rings (SSSR count). The number of morpholine rings is 1. The van der Waals surface area contributed by atoms with Crippen molar-refractivity contribution in [1.29, 1.82) is 0 Å². The zero-order valence-electron chi connectivity index (χ0n) is 18.6. The summed E-state index contributed by atoms with van der Waals surface area (Å²) in [5, 5.41) is 6.81. The van der Waals surface area contributed by atoms with Gasteiger partial charge in [-0.15, -0.1) is 24.5 Å². The number of hydrogen-bond acceptors (Lipinski definition) is 6. The van der Waals surface area contributed by atoms with E-state index in [0.717, 1.165) is 42.3 Å². The summed E-state index contributed by atoms with van der Waals surface area (Å²) in [7, 11) is 0. The predicted molar refractivity (Wildman–Crippen MR) is 118 cm³/mol. The molecule has 32 heavy (non-hydrogen) atoms. The molecule has 3 unspecified atom stereocenters. The van der Waals surface area contributed by atoms with Crippen LogP contribution in [0.2, 0.25) is 0 Å². The van der Waals surface area contributed by atoms with Crippen LogP contribution in [-0.4, -0.2) is 55.3 Å². The minimum absolute atomic E-state index is 0.00438. The summed E-state index contributed by atoms with van der Waals surface area (Å²) in [6.07, 6.45) is -3.65. The van der Waals surface area contributed by atoms with E-state index >= 15 is 0 Å². The number of hydrogen-bond donors (Lipinski definition) is 1. The number of likely N-dealkylation sites (tertiary alicyclic amines) is 1. The molecule has 2 aliphatic heterocycles. The molecule has 0 spiro atoms. The van der Waals surface area contributed by atoms with Gasteiger partial charge < -0.3 is 9.47 Å². The van der Waals surface area contributed by atoms with Crippen molar-refractivity contribution in [2.75, 3.05) is 32.8 Å². The molecule has 2 aromatic rings. The first kappa shape index (κ1) is 23.5. The lowest BCUT2D eigenvalue weighted by Crippen LogP contribution is -2.56. The number of nitrogens with zero attached hydrogens (tertiary/aromatic N) is 2. The van der Waals surface area contributed by atoms with Gasteiger partial charge >= 0.3 is 6.36 Å². The van der Waals surface area contributed by atoms with E-state index in [0.29, 0.717) is 13.2 Å². The van der Waals surface area contributed by atoms with Gasteiger partial charge in [0.15, 0.2) is 0 Å². The van der Waals surface area contributed by atoms with Crippen LogP contribution in [0.25, 0.3) is 0 Å². The number of piperidine rings is 1. The Morgan fingerprint density at radius 1 is 1.12 bits per heavy atom. The molecule has 0 amide bonds. The predicted octanol–water partition coefficient (Wildman–Crippen LogP) is 4.86. The standard InChI is InChI=1S/C23H30F3N3O2S/c1-22(2,3)19-14-32-21(28-19)17-10-16(11-29(12-17)20-13-30-9-8-27-20)15-4-6-18(7-5-15)31-23(24,25)26/h4-7,14,16-17,20,27H,8-13H2,1-3H3. The van der Waals surface area contributed by atoms with Gasteiger partial charge in [0, 0.05) is 36.3 Å². The van der Waals surface area contributed by atoms with Gasteiger partial charge in [-0.25, -0.2) is 4.98 Å². The molecule has 0 bridgehead atoms. The highest BCUT2D eigenvalue weighted by molar-refractivity contribution is 7.09. The Morgan fingerprint density at radius 3 is 2.44 bits per heavy atom. The highest BCUT2D eigenvalue weighted by Crippen LogP contribution is 2.39. The Bertz CT molecular complexity index is 889. The van der Waals surface area contributed by atoms with Gasteiger partial charge in [0.2, 0.25) is 0 Å². The van der Waals surface area contributed by atoms with Gasteiger partial charge in [0.1, 0.15) is 5.75 Å². The fourth-order valence-corrected chi connectivity index (χ4v) is 5.51. The Morgan fingerprint density at radius 2 is 1.84 bits per heavy atom. The topological polar surface area (TPSA) is 46.6 Å². The number of benzene rings is 1. The van der Waals surface area contributed by atoms with Crippen LogP contribution in [0.15, 0.2) is 29.6 Å². The first-order valence-electron chi connectivity index (χ1n) is 11.0. The molecule has 0 radical (unpaired) electrons. The van der Waals surface area contributed by atoms with Crippen LogP contribution in [0.1, 0.15) is 55.3 Å². The second-order valence-corrected chi connectivity index (χ2v) is 10.5. The monoisotopic (exact) mass is 469 g/mol. The molecular formula is C23H30F3N3O2S.